The topological polar surface area (TPSA) is 87.1 Å². The normalized spacial score (nSPS) is 11.2. The third kappa shape index (κ3) is 4.82. The van der Waals surface area contributed by atoms with E-state index in [-0.39, 0.29) is 12.6 Å². The number of aliphatic hydroxyl groups is 1. The highest BCUT2D eigenvalue weighted by Crippen LogP contribution is 2.12. The van der Waals surface area contributed by atoms with Crippen LogP contribution >= 0.6 is 0 Å². The number of aromatic nitrogens is 2. The number of rotatable bonds is 6. The lowest BCUT2D eigenvalue weighted by atomic mass is 9.98. The second-order valence-electron chi connectivity index (χ2n) is 4.48. The van der Waals surface area contributed by atoms with Gasteiger partial charge in [-0.25, -0.2) is 14.8 Å². The van der Waals surface area contributed by atoms with Gasteiger partial charge in [0, 0.05) is 13.0 Å². The Hall–Kier alpha value is -1.69. The molecule has 0 saturated carbocycles. The molecular weight excluding hydrogens is 244 g/mol. The molecule has 1 heterocycles. The molecule has 2 amide bonds. The monoisotopic (exact) mass is 266 g/mol. The second-order valence-corrected chi connectivity index (χ2v) is 4.48. The second kappa shape index (κ2) is 7.04. The predicted octanol–water partition coefficient (Wildman–Crippen LogP) is 1.71. The molecule has 0 aromatic carbocycles. The van der Waals surface area contributed by atoms with Crippen LogP contribution in [0.3, 0.4) is 0 Å². The Bertz CT molecular complexity index is 402. The SMILES string of the molecule is CCc1ncc(NC(=O)NCC(O)(CC)CC)cn1. The molecule has 0 fully saturated rings. The van der Waals surface area contributed by atoms with Crippen molar-refractivity contribution < 1.29 is 9.90 Å². The number of nitrogens with one attached hydrogen (secondary N) is 2. The van der Waals surface area contributed by atoms with Crippen molar-refractivity contribution in [1.29, 1.82) is 0 Å². The molecule has 0 unspecified atom stereocenters. The fourth-order valence-corrected chi connectivity index (χ4v) is 1.52. The average Bonchev–Trinajstić information content (AvgIpc) is 2.45. The quantitative estimate of drug-likeness (QED) is 0.731. The van der Waals surface area contributed by atoms with Gasteiger partial charge >= 0.3 is 6.03 Å². The number of nitrogens with zero attached hydrogens (tertiary/aromatic N) is 2. The maximum absolute atomic E-state index is 11.7. The fraction of sp³-hybridized carbons (Fsp3) is 0.615. The van der Waals surface area contributed by atoms with E-state index < -0.39 is 5.60 Å². The average molecular weight is 266 g/mol. The lowest BCUT2D eigenvalue weighted by Crippen LogP contribution is -2.43. The van der Waals surface area contributed by atoms with E-state index in [9.17, 15) is 9.90 Å². The zero-order valence-corrected chi connectivity index (χ0v) is 11.7. The Morgan fingerprint density at radius 3 is 2.32 bits per heavy atom. The number of carbonyl (C=O) groups is 1. The molecule has 0 aliphatic carbocycles. The van der Waals surface area contributed by atoms with Crippen LogP contribution in [0.4, 0.5) is 10.5 Å². The highest BCUT2D eigenvalue weighted by Gasteiger charge is 2.22. The van der Waals surface area contributed by atoms with Crippen LogP contribution in [0, 0.1) is 0 Å². The summed E-state index contributed by atoms with van der Waals surface area (Å²) in [6.45, 7) is 5.96. The zero-order valence-electron chi connectivity index (χ0n) is 11.7. The van der Waals surface area contributed by atoms with Crippen molar-refractivity contribution in [3.8, 4) is 0 Å². The van der Waals surface area contributed by atoms with Crippen LogP contribution in [0.1, 0.15) is 39.4 Å². The molecule has 0 aliphatic heterocycles. The summed E-state index contributed by atoms with van der Waals surface area (Å²) in [5.41, 5.74) is -0.314. The standard InChI is InChI=1S/C13H22N4O2/c1-4-11-14-7-10(8-15-11)17-12(18)16-9-13(19,5-2)6-3/h7-8,19H,4-6,9H2,1-3H3,(H2,16,17,18). The molecule has 0 aliphatic rings. The highest BCUT2D eigenvalue weighted by molar-refractivity contribution is 5.88. The summed E-state index contributed by atoms with van der Waals surface area (Å²) in [4.78, 5) is 19.8. The molecule has 6 heteroatoms. The fourth-order valence-electron chi connectivity index (χ4n) is 1.52. The van der Waals surface area contributed by atoms with Gasteiger partial charge in [0.1, 0.15) is 5.82 Å². The number of hydrogen-bond donors (Lipinski definition) is 3. The molecule has 1 rings (SSSR count). The highest BCUT2D eigenvalue weighted by atomic mass is 16.3. The number of hydrogen-bond acceptors (Lipinski definition) is 4. The molecule has 0 atom stereocenters. The first-order valence-corrected chi connectivity index (χ1v) is 6.61. The summed E-state index contributed by atoms with van der Waals surface area (Å²) in [6.07, 6.45) is 5.08. The van der Waals surface area contributed by atoms with Gasteiger partial charge in [0.25, 0.3) is 0 Å². The Labute approximate surface area is 113 Å². The lowest BCUT2D eigenvalue weighted by Gasteiger charge is -2.25. The van der Waals surface area contributed by atoms with E-state index in [0.717, 1.165) is 12.2 Å². The van der Waals surface area contributed by atoms with Crippen LogP contribution in [0.25, 0.3) is 0 Å². The van der Waals surface area contributed by atoms with Crippen LogP contribution in [0.5, 0.6) is 0 Å². The molecule has 3 N–H and O–H groups in total. The van der Waals surface area contributed by atoms with Gasteiger partial charge in [0.2, 0.25) is 0 Å². The summed E-state index contributed by atoms with van der Waals surface area (Å²) in [7, 11) is 0. The smallest absolute Gasteiger partial charge is 0.319 e. The molecule has 1 aromatic rings. The molecule has 6 nitrogen and oxygen atoms in total. The van der Waals surface area contributed by atoms with E-state index in [4.69, 9.17) is 0 Å². The van der Waals surface area contributed by atoms with Gasteiger partial charge < -0.3 is 15.7 Å². The number of amides is 2. The van der Waals surface area contributed by atoms with E-state index in [1.165, 1.54) is 0 Å². The van der Waals surface area contributed by atoms with Gasteiger partial charge in [-0.15, -0.1) is 0 Å². The van der Waals surface area contributed by atoms with Crippen molar-refractivity contribution in [3.63, 3.8) is 0 Å². The van der Waals surface area contributed by atoms with Gasteiger partial charge in [-0.05, 0) is 12.8 Å². The molecule has 19 heavy (non-hydrogen) atoms. The minimum absolute atomic E-state index is 0.222. The Morgan fingerprint density at radius 1 is 1.26 bits per heavy atom. The van der Waals surface area contributed by atoms with Crippen molar-refractivity contribution in [2.45, 2.75) is 45.6 Å². The predicted molar refractivity (Wildman–Crippen MR) is 74.0 cm³/mol. The Morgan fingerprint density at radius 2 is 1.84 bits per heavy atom. The van der Waals surface area contributed by atoms with Crippen molar-refractivity contribution in [2.75, 3.05) is 11.9 Å². The van der Waals surface area contributed by atoms with Crippen LogP contribution in [0.2, 0.25) is 0 Å². The number of anilines is 1. The largest absolute Gasteiger partial charge is 0.388 e. The van der Waals surface area contributed by atoms with Crippen molar-refractivity contribution in [3.05, 3.63) is 18.2 Å². The Balaban J connectivity index is 2.46. The molecule has 1 aromatic heterocycles. The molecule has 0 spiro atoms. The maximum Gasteiger partial charge on any atom is 0.319 e. The Kier molecular flexibility index (Phi) is 5.69. The summed E-state index contributed by atoms with van der Waals surface area (Å²) in [5, 5.41) is 15.3. The van der Waals surface area contributed by atoms with Crippen LogP contribution in [0.15, 0.2) is 12.4 Å². The summed E-state index contributed by atoms with van der Waals surface area (Å²) >= 11 is 0. The number of carbonyl (C=O) groups excluding carboxylic acids is 1. The first-order chi connectivity index (χ1) is 9.03. The summed E-state index contributed by atoms with van der Waals surface area (Å²) in [5.74, 6) is 0.734. The van der Waals surface area contributed by atoms with Crippen LogP contribution in [-0.4, -0.2) is 33.3 Å². The minimum Gasteiger partial charge on any atom is -0.388 e. The van der Waals surface area contributed by atoms with Crippen molar-refractivity contribution in [1.82, 2.24) is 15.3 Å². The van der Waals surface area contributed by atoms with Gasteiger partial charge in [0.15, 0.2) is 0 Å². The molecule has 0 saturated heterocycles. The van der Waals surface area contributed by atoms with E-state index >= 15 is 0 Å². The van der Waals surface area contributed by atoms with E-state index in [1.54, 1.807) is 12.4 Å². The lowest BCUT2D eigenvalue weighted by molar-refractivity contribution is 0.0354. The molecular formula is C13H22N4O2. The van der Waals surface area contributed by atoms with Crippen LogP contribution < -0.4 is 10.6 Å². The third-order valence-corrected chi connectivity index (χ3v) is 3.17. The van der Waals surface area contributed by atoms with Crippen LogP contribution in [-0.2, 0) is 6.42 Å². The first-order valence-electron chi connectivity index (χ1n) is 6.61. The molecule has 106 valence electrons. The van der Waals surface area contributed by atoms with E-state index in [1.807, 2.05) is 20.8 Å². The maximum atomic E-state index is 11.7. The number of aryl methyl sites for hydroxylation is 1. The zero-order chi connectivity index (χ0) is 14.3. The molecule has 0 radical (unpaired) electrons. The van der Waals surface area contributed by atoms with E-state index in [2.05, 4.69) is 20.6 Å². The summed E-state index contributed by atoms with van der Waals surface area (Å²) < 4.78 is 0. The van der Waals surface area contributed by atoms with Gasteiger partial charge in [0.05, 0.1) is 23.7 Å². The van der Waals surface area contributed by atoms with Crippen molar-refractivity contribution >= 4 is 11.7 Å². The third-order valence-electron chi connectivity index (χ3n) is 3.17. The van der Waals surface area contributed by atoms with Gasteiger partial charge in [-0.3, -0.25) is 0 Å². The van der Waals surface area contributed by atoms with Gasteiger partial charge in [-0.1, -0.05) is 20.8 Å². The summed E-state index contributed by atoms with van der Waals surface area (Å²) in [6, 6.07) is -0.367. The number of urea groups is 1. The minimum atomic E-state index is -0.847. The van der Waals surface area contributed by atoms with Crippen molar-refractivity contribution in [2.24, 2.45) is 0 Å². The molecule has 0 bridgehead atoms. The van der Waals surface area contributed by atoms with Gasteiger partial charge in [-0.2, -0.15) is 0 Å². The first kappa shape index (κ1) is 15.4. The van der Waals surface area contributed by atoms with E-state index in [0.29, 0.717) is 18.5 Å².